The van der Waals surface area contributed by atoms with Crippen molar-refractivity contribution in [1.82, 2.24) is 9.55 Å². The maximum Gasteiger partial charge on any atom is 0.193 e. The van der Waals surface area contributed by atoms with Crippen LogP contribution >= 0.6 is 0 Å². The molecule has 1 aromatic heterocycles. The van der Waals surface area contributed by atoms with Crippen LogP contribution in [-0.2, 0) is 6.54 Å². The Labute approximate surface area is 140 Å². The summed E-state index contributed by atoms with van der Waals surface area (Å²) in [4.78, 5) is 16.5. The lowest BCUT2D eigenvalue weighted by Gasteiger charge is -2.06. The maximum atomic E-state index is 12.5. The highest BCUT2D eigenvalue weighted by atomic mass is 16.5. The zero-order chi connectivity index (χ0) is 16.8. The van der Waals surface area contributed by atoms with E-state index >= 15 is 0 Å². The van der Waals surface area contributed by atoms with Gasteiger partial charge in [-0.25, -0.2) is 4.98 Å². The largest absolute Gasteiger partial charge is 0.481 e. The average Bonchev–Trinajstić information content (AvgIpc) is 3.13. The molecule has 0 unspecified atom stereocenters. The van der Waals surface area contributed by atoms with Crippen LogP contribution in [0.15, 0.2) is 67.3 Å². The molecule has 0 aliphatic heterocycles. The lowest BCUT2D eigenvalue weighted by atomic mass is 10.0. The van der Waals surface area contributed by atoms with Gasteiger partial charge in [0.2, 0.25) is 0 Å². The summed E-state index contributed by atoms with van der Waals surface area (Å²) in [6.45, 7) is 0.946. The summed E-state index contributed by atoms with van der Waals surface area (Å²) in [5, 5.41) is 0. The van der Waals surface area contributed by atoms with Crippen LogP contribution in [0.4, 0.5) is 0 Å². The predicted molar refractivity (Wildman–Crippen MR) is 92.0 cm³/mol. The molecule has 0 aliphatic rings. The molecule has 2 aromatic carbocycles. The Morgan fingerprint density at radius 3 is 2.33 bits per heavy atom. The lowest BCUT2D eigenvalue weighted by molar-refractivity contribution is 0.103. The Morgan fingerprint density at radius 2 is 1.75 bits per heavy atom. The Bertz CT molecular complexity index is 842. The lowest BCUT2D eigenvalue weighted by Crippen LogP contribution is -2.03. The van der Waals surface area contributed by atoms with Gasteiger partial charge in [-0.05, 0) is 29.8 Å². The van der Waals surface area contributed by atoms with Gasteiger partial charge in [0.25, 0.3) is 0 Å². The van der Waals surface area contributed by atoms with Crippen molar-refractivity contribution in [3.05, 3.63) is 83.9 Å². The molecule has 0 amide bonds. The maximum absolute atomic E-state index is 12.5. The molecule has 0 aliphatic carbocycles. The molecular weight excluding hydrogens is 300 g/mol. The van der Waals surface area contributed by atoms with E-state index in [1.165, 1.54) is 0 Å². The van der Waals surface area contributed by atoms with Crippen molar-refractivity contribution in [2.45, 2.75) is 6.54 Å². The summed E-state index contributed by atoms with van der Waals surface area (Å²) >= 11 is 0. The molecule has 0 spiro atoms. The van der Waals surface area contributed by atoms with E-state index in [4.69, 9.17) is 11.2 Å². The van der Waals surface area contributed by atoms with Crippen LogP contribution in [0.5, 0.6) is 5.75 Å². The Balaban J connectivity index is 1.69. The minimum atomic E-state index is -0.0207. The molecule has 118 valence electrons. The van der Waals surface area contributed by atoms with Crippen LogP contribution in [0.1, 0.15) is 21.5 Å². The number of hydrogen-bond donors (Lipinski definition) is 0. The van der Waals surface area contributed by atoms with Gasteiger partial charge in [0.1, 0.15) is 12.4 Å². The Hall–Kier alpha value is -3.32. The zero-order valence-electron chi connectivity index (χ0n) is 13.1. The number of ketones is 1. The summed E-state index contributed by atoms with van der Waals surface area (Å²) in [5.41, 5.74) is 2.38. The van der Waals surface area contributed by atoms with Gasteiger partial charge in [0.15, 0.2) is 5.78 Å². The molecule has 0 N–H and O–H groups in total. The summed E-state index contributed by atoms with van der Waals surface area (Å²) in [6, 6.07) is 14.6. The molecule has 24 heavy (non-hydrogen) atoms. The van der Waals surface area contributed by atoms with E-state index in [9.17, 15) is 4.79 Å². The third-order valence-electron chi connectivity index (χ3n) is 3.58. The fraction of sp³-hybridized carbons (Fsp3) is 0.100. The SMILES string of the molecule is C#CCOc1ccc(C(=O)c2ccc(Cn3ccnc3)cc2)cc1. The van der Waals surface area contributed by atoms with Crippen LogP contribution in [0.3, 0.4) is 0 Å². The van der Waals surface area contributed by atoms with Gasteiger partial charge in [-0.3, -0.25) is 4.79 Å². The quantitative estimate of drug-likeness (QED) is 0.518. The van der Waals surface area contributed by atoms with Crippen molar-refractivity contribution in [3.8, 4) is 18.1 Å². The second-order valence-corrected chi connectivity index (χ2v) is 5.28. The first-order valence-electron chi connectivity index (χ1n) is 7.52. The molecule has 0 radical (unpaired) electrons. The van der Waals surface area contributed by atoms with Crippen molar-refractivity contribution >= 4 is 5.78 Å². The number of nitrogens with zero attached hydrogens (tertiary/aromatic N) is 2. The first-order valence-corrected chi connectivity index (χ1v) is 7.52. The van der Waals surface area contributed by atoms with Crippen LogP contribution in [-0.4, -0.2) is 21.9 Å². The van der Waals surface area contributed by atoms with Gasteiger partial charge in [-0.2, -0.15) is 0 Å². The number of ether oxygens (including phenoxy) is 1. The van der Waals surface area contributed by atoms with E-state index in [-0.39, 0.29) is 12.4 Å². The van der Waals surface area contributed by atoms with Crippen molar-refractivity contribution in [2.75, 3.05) is 6.61 Å². The summed E-state index contributed by atoms with van der Waals surface area (Å²) < 4.78 is 7.28. The van der Waals surface area contributed by atoms with Gasteiger partial charge in [0.05, 0.1) is 6.33 Å². The molecule has 3 rings (SSSR count). The Morgan fingerprint density at radius 1 is 1.08 bits per heavy atom. The number of carbonyl (C=O) groups is 1. The molecule has 3 aromatic rings. The highest BCUT2D eigenvalue weighted by molar-refractivity contribution is 6.09. The molecule has 4 nitrogen and oxygen atoms in total. The number of hydrogen-bond acceptors (Lipinski definition) is 3. The van der Waals surface area contributed by atoms with Gasteiger partial charge in [0, 0.05) is 30.1 Å². The number of carbonyl (C=O) groups excluding carboxylic acids is 1. The molecule has 0 bridgehead atoms. The van der Waals surface area contributed by atoms with E-state index in [1.54, 1.807) is 36.8 Å². The van der Waals surface area contributed by atoms with E-state index in [0.717, 1.165) is 12.1 Å². The van der Waals surface area contributed by atoms with Crippen LogP contribution in [0.25, 0.3) is 0 Å². The highest BCUT2D eigenvalue weighted by Gasteiger charge is 2.09. The second-order valence-electron chi connectivity index (χ2n) is 5.28. The molecule has 0 atom stereocenters. The molecule has 0 saturated heterocycles. The first-order chi connectivity index (χ1) is 11.8. The monoisotopic (exact) mass is 316 g/mol. The smallest absolute Gasteiger partial charge is 0.193 e. The summed E-state index contributed by atoms with van der Waals surface area (Å²) in [6.07, 6.45) is 10.6. The van der Waals surface area contributed by atoms with Crippen LogP contribution < -0.4 is 4.74 Å². The standard InChI is InChI=1S/C20H16N2O2/c1-2-13-24-19-9-7-18(8-10-19)20(23)17-5-3-16(4-6-17)14-22-12-11-21-15-22/h1,3-12,15H,13-14H2. The van der Waals surface area contributed by atoms with Gasteiger partial charge in [-0.15, -0.1) is 6.42 Å². The van der Waals surface area contributed by atoms with Gasteiger partial charge < -0.3 is 9.30 Å². The number of benzene rings is 2. The number of rotatable bonds is 6. The predicted octanol–water partition coefficient (Wildman–Crippen LogP) is 3.17. The number of imidazole rings is 1. The summed E-state index contributed by atoms with van der Waals surface area (Å²) in [5.74, 6) is 3.04. The average molecular weight is 316 g/mol. The minimum Gasteiger partial charge on any atom is -0.481 e. The zero-order valence-corrected chi connectivity index (χ0v) is 13.1. The number of terminal acetylenes is 1. The van der Waals surface area contributed by atoms with E-state index in [2.05, 4.69) is 10.9 Å². The van der Waals surface area contributed by atoms with Crippen molar-refractivity contribution in [2.24, 2.45) is 0 Å². The topological polar surface area (TPSA) is 44.1 Å². The molecule has 0 fully saturated rings. The fourth-order valence-corrected chi connectivity index (χ4v) is 2.35. The van der Waals surface area contributed by atoms with Gasteiger partial charge >= 0.3 is 0 Å². The minimum absolute atomic E-state index is 0.0207. The highest BCUT2D eigenvalue weighted by Crippen LogP contribution is 2.16. The molecule has 0 saturated carbocycles. The normalized spacial score (nSPS) is 10.1. The van der Waals surface area contributed by atoms with Crippen LogP contribution in [0, 0.1) is 12.3 Å². The molecule has 4 heteroatoms. The van der Waals surface area contributed by atoms with Crippen molar-refractivity contribution in [3.63, 3.8) is 0 Å². The van der Waals surface area contributed by atoms with Gasteiger partial charge in [-0.1, -0.05) is 30.2 Å². The van der Waals surface area contributed by atoms with E-state index in [0.29, 0.717) is 16.9 Å². The number of aromatic nitrogens is 2. The second kappa shape index (κ2) is 7.30. The van der Waals surface area contributed by atoms with Crippen LogP contribution in [0.2, 0.25) is 0 Å². The molecule has 1 heterocycles. The van der Waals surface area contributed by atoms with E-state index in [1.807, 2.05) is 35.0 Å². The molecular formula is C20H16N2O2. The summed E-state index contributed by atoms with van der Waals surface area (Å²) in [7, 11) is 0. The fourth-order valence-electron chi connectivity index (χ4n) is 2.35. The van der Waals surface area contributed by atoms with Crippen molar-refractivity contribution < 1.29 is 9.53 Å². The van der Waals surface area contributed by atoms with Crippen molar-refractivity contribution in [1.29, 1.82) is 0 Å². The third kappa shape index (κ3) is 3.71. The third-order valence-corrected chi connectivity index (χ3v) is 3.58. The Kier molecular flexibility index (Phi) is 4.73. The first kappa shape index (κ1) is 15.6. The van der Waals surface area contributed by atoms with E-state index < -0.39 is 0 Å².